The van der Waals surface area contributed by atoms with E-state index in [-0.39, 0.29) is 0 Å². The number of rotatable bonds is 7. The van der Waals surface area contributed by atoms with Crippen molar-refractivity contribution in [3.63, 3.8) is 0 Å². The van der Waals surface area contributed by atoms with Gasteiger partial charge in [-0.25, -0.2) is 0 Å². The van der Waals surface area contributed by atoms with E-state index in [0.29, 0.717) is 4.84 Å². The number of aromatic amines is 1. The molecular weight excluding hydrogens is 346 g/mol. The summed E-state index contributed by atoms with van der Waals surface area (Å²) in [4.78, 5) is 3.29. The molecule has 2 aromatic rings. The van der Waals surface area contributed by atoms with E-state index in [4.69, 9.17) is 21.4 Å². The van der Waals surface area contributed by atoms with Gasteiger partial charge in [-0.1, -0.05) is 15.9 Å². The predicted molar refractivity (Wildman–Crippen MR) is 84.3 cm³/mol. The molecule has 0 unspecified atom stereocenters. The SMILES string of the molecule is S=c1[nH]cc(CSCCCOc2ccc(Br)cc2)o1. The van der Waals surface area contributed by atoms with Crippen LogP contribution in [0.15, 0.2) is 39.4 Å². The van der Waals surface area contributed by atoms with Gasteiger partial charge in [-0.05, 0) is 48.7 Å². The lowest BCUT2D eigenvalue weighted by molar-refractivity contribution is 0.318. The number of ether oxygens (including phenoxy) is 1. The third-order valence-electron chi connectivity index (χ3n) is 2.33. The molecular formula is C13H14BrNO2S2. The molecule has 102 valence electrons. The van der Waals surface area contributed by atoms with Crippen LogP contribution in [0.25, 0.3) is 0 Å². The van der Waals surface area contributed by atoms with E-state index in [0.717, 1.165) is 40.5 Å². The molecule has 1 aromatic heterocycles. The minimum Gasteiger partial charge on any atom is -0.494 e. The van der Waals surface area contributed by atoms with E-state index in [1.807, 2.05) is 42.2 Å². The van der Waals surface area contributed by atoms with Crippen molar-refractivity contribution in [2.45, 2.75) is 12.2 Å². The van der Waals surface area contributed by atoms with Crippen LogP contribution in [0.4, 0.5) is 0 Å². The predicted octanol–water partition coefficient (Wildman–Crippen LogP) is 4.80. The number of nitrogens with one attached hydrogen (secondary N) is 1. The molecule has 3 nitrogen and oxygen atoms in total. The Labute approximate surface area is 129 Å². The number of hydrogen-bond acceptors (Lipinski definition) is 4. The van der Waals surface area contributed by atoms with Crippen molar-refractivity contribution in [3.8, 4) is 5.75 Å². The van der Waals surface area contributed by atoms with Crippen molar-refractivity contribution < 1.29 is 9.15 Å². The summed E-state index contributed by atoms with van der Waals surface area (Å²) in [6.07, 6.45) is 2.82. The lowest BCUT2D eigenvalue weighted by atomic mass is 10.3. The zero-order valence-electron chi connectivity index (χ0n) is 10.2. The number of H-pyrrole nitrogens is 1. The molecule has 1 heterocycles. The van der Waals surface area contributed by atoms with Gasteiger partial charge in [0.2, 0.25) is 0 Å². The molecule has 0 saturated heterocycles. The van der Waals surface area contributed by atoms with Crippen LogP contribution >= 0.6 is 39.9 Å². The summed E-state index contributed by atoms with van der Waals surface area (Å²) in [7, 11) is 0. The van der Waals surface area contributed by atoms with Gasteiger partial charge in [0.05, 0.1) is 12.4 Å². The van der Waals surface area contributed by atoms with Gasteiger partial charge in [0.25, 0.3) is 4.84 Å². The maximum Gasteiger partial charge on any atom is 0.266 e. The topological polar surface area (TPSA) is 38.2 Å². The molecule has 1 aromatic carbocycles. The summed E-state index contributed by atoms with van der Waals surface area (Å²) in [6, 6.07) is 7.87. The van der Waals surface area contributed by atoms with E-state index in [9.17, 15) is 0 Å². The second-order valence-corrected chi connectivity index (χ2v) is 6.24. The van der Waals surface area contributed by atoms with E-state index >= 15 is 0 Å². The number of hydrogen-bond donors (Lipinski definition) is 1. The Balaban J connectivity index is 1.57. The third kappa shape index (κ3) is 5.42. The van der Waals surface area contributed by atoms with Crippen LogP contribution in [0.1, 0.15) is 12.2 Å². The van der Waals surface area contributed by atoms with Crippen LogP contribution in [0.3, 0.4) is 0 Å². The highest BCUT2D eigenvalue weighted by Crippen LogP contribution is 2.17. The maximum atomic E-state index is 5.64. The van der Waals surface area contributed by atoms with Crippen LogP contribution in [-0.2, 0) is 5.75 Å². The van der Waals surface area contributed by atoms with E-state index in [1.54, 1.807) is 0 Å². The Hall–Kier alpha value is -0.720. The molecule has 0 aliphatic carbocycles. The largest absolute Gasteiger partial charge is 0.494 e. The number of halogens is 1. The fourth-order valence-electron chi connectivity index (χ4n) is 1.44. The van der Waals surface area contributed by atoms with E-state index in [1.165, 1.54) is 0 Å². The van der Waals surface area contributed by atoms with E-state index < -0.39 is 0 Å². The fourth-order valence-corrected chi connectivity index (χ4v) is 2.68. The summed E-state index contributed by atoms with van der Waals surface area (Å²) < 4.78 is 12.0. The van der Waals surface area contributed by atoms with Gasteiger partial charge in [0, 0.05) is 10.7 Å². The van der Waals surface area contributed by atoms with Gasteiger partial charge < -0.3 is 14.1 Å². The van der Waals surface area contributed by atoms with Gasteiger partial charge in [-0.3, -0.25) is 0 Å². The molecule has 19 heavy (non-hydrogen) atoms. The van der Waals surface area contributed by atoms with Crippen molar-refractivity contribution in [2.75, 3.05) is 12.4 Å². The van der Waals surface area contributed by atoms with Gasteiger partial charge in [-0.15, -0.1) is 0 Å². The summed E-state index contributed by atoms with van der Waals surface area (Å²) in [5.41, 5.74) is 0. The standard InChI is InChI=1S/C13H14BrNO2S2/c14-10-2-4-11(5-3-10)16-6-1-7-19-9-12-8-15-13(18)17-12/h2-5,8H,1,6-7,9H2,(H,15,18). The highest BCUT2D eigenvalue weighted by atomic mass is 79.9. The Morgan fingerprint density at radius 1 is 1.32 bits per heavy atom. The Kier molecular flexibility index (Phi) is 6.00. The third-order valence-corrected chi connectivity index (χ3v) is 4.13. The fraction of sp³-hybridized carbons (Fsp3) is 0.308. The highest BCUT2D eigenvalue weighted by Gasteiger charge is 1.98. The first-order valence-corrected chi connectivity index (χ1v) is 8.23. The lowest BCUT2D eigenvalue weighted by Crippen LogP contribution is -1.98. The molecule has 0 aliphatic heterocycles. The van der Waals surface area contributed by atoms with Gasteiger partial charge in [0.1, 0.15) is 11.5 Å². The first-order chi connectivity index (χ1) is 9.24. The molecule has 0 amide bonds. The summed E-state index contributed by atoms with van der Waals surface area (Å²) in [5.74, 6) is 3.67. The molecule has 2 rings (SSSR count). The molecule has 0 radical (unpaired) electrons. The van der Waals surface area contributed by atoms with E-state index in [2.05, 4.69) is 20.9 Å². The minimum atomic E-state index is 0.439. The first kappa shape index (κ1) is 14.7. The number of oxazole rings is 1. The van der Waals surface area contributed by atoms with Crippen molar-refractivity contribution in [3.05, 3.63) is 45.5 Å². The number of aromatic nitrogens is 1. The highest BCUT2D eigenvalue weighted by molar-refractivity contribution is 9.10. The Bertz CT molecular complexity index is 550. The van der Waals surface area contributed by atoms with Gasteiger partial charge in [-0.2, -0.15) is 11.8 Å². The summed E-state index contributed by atoms with van der Waals surface area (Å²) in [5, 5.41) is 0. The molecule has 0 aliphatic rings. The molecule has 0 saturated carbocycles. The Morgan fingerprint density at radius 3 is 2.79 bits per heavy atom. The van der Waals surface area contributed by atoms with Crippen LogP contribution in [-0.4, -0.2) is 17.3 Å². The van der Waals surface area contributed by atoms with Crippen LogP contribution in [0, 0.1) is 4.84 Å². The number of benzene rings is 1. The van der Waals surface area contributed by atoms with Gasteiger partial charge in [0.15, 0.2) is 0 Å². The lowest BCUT2D eigenvalue weighted by Gasteiger charge is -2.05. The second-order valence-electron chi connectivity index (χ2n) is 3.85. The normalized spacial score (nSPS) is 10.6. The van der Waals surface area contributed by atoms with Crippen LogP contribution in [0.2, 0.25) is 0 Å². The quantitative estimate of drug-likeness (QED) is 0.569. The maximum absolute atomic E-state index is 5.64. The van der Waals surface area contributed by atoms with Crippen molar-refractivity contribution in [1.29, 1.82) is 0 Å². The second kappa shape index (κ2) is 7.77. The summed E-state index contributed by atoms with van der Waals surface area (Å²) >= 11 is 10.1. The van der Waals surface area contributed by atoms with Crippen molar-refractivity contribution in [1.82, 2.24) is 4.98 Å². The van der Waals surface area contributed by atoms with Crippen LogP contribution < -0.4 is 4.74 Å². The monoisotopic (exact) mass is 359 g/mol. The smallest absolute Gasteiger partial charge is 0.266 e. The average Bonchev–Trinajstić information content (AvgIpc) is 2.81. The molecule has 0 fully saturated rings. The molecule has 0 bridgehead atoms. The van der Waals surface area contributed by atoms with Crippen molar-refractivity contribution >= 4 is 39.9 Å². The Morgan fingerprint density at radius 2 is 2.11 bits per heavy atom. The average molecular weight is 360 g/mol. The van der Waals surface area contributed by atoms with Crippen LogP contribution in [0.5, 0.6) is 5.75 Å². The first-order valence-electron chi connectivity index (χ1n) is 5.87. The summed E-state index contributed by atoms with van der Waals surface area (Å²) in [6.45, 7) is 0.727. The molecule has 6 heteroatoms. The van der Waals surface area contributed by atoms with Crippen molar-refractivity contribution in [2.24, 2.45) is 0 Å². The molecule has 0 atom stereocenters. The minimum absolute atomic E-state index is 0.439. The molecule has 0 spiro atoms. The zero-order valence-corrected chi connectivity index (χ0v) is 13.4. The van der Waals surface area contributed by atoms with Gasteiger partial charge >= 0.3 is 0 Å². The molecule has 1 N–H and O–H groups in total. The zero-order chi connectivity index (χ0) is 13.5. The number of thioether (sulfide) groups is 1.